The Morgan fingerprint density at radius 3 is 2.57 bits per heavy atom. The monoisotopic (exact) mass is 296 g/mol. The lowest BCUT2D eigenvalue weighted by molar-refractivity contribution is -0.155. The topological polar surface area (TPSA) is 77.9 Å². The lowest BCUT2D eigenvalue weighted by Gasteiger charge is -2.41. The van der Waals surface area contributed by atoms with Crippen LogP contribution in [0.3, 0.4) is 0 Å². The van der Waals surface area contributed by atoms with Gasteiger partial charge in [-0.3, -0.25) is 24.2 Å². The highest BCUT2D eigenvalue weighted by atomic mass is 16.4. The number of rotatable bonds is 4. The third-order valence-electron chi connectivity index (χ3n) is 4.85. The summed E-state index contributed by atoms with van der Waals surface area (Å²) in [6, 6.07) is -0.624. The van der Waals surface area contributed by atoms with Crippen LogP contribution in [0.15, 0.2) is 0 Å². The smallest absolute Gasteiger partial charge is 0.310 e. The number of nitrogens with zero attached hydrogens (tertiary/aromatic N) is 2. The van der Waals surface area contributed by atoms with Crippen molar-refractivity contribution in [3.63, 3.8) is 0 Å². The molecule has 118 valence electrons. The first-order valence-corrected chi connectivity index (χ1v) is 7.65. The third kappa shape index (κ3) is 2.69. The molecule has 0 spiro atoms. The first kappa shape index (κ1) is 15.9. The van der Waals surface area contributed by atoms with E-state index in [0.717, 1.165) is 6.42 Å². The third-order valence-corrected chi connectivity index (χ3v) is 4.85. The van der Waals surface area contributed by atoms with Gasteiger partial charge in [0.05, 0.1) is 17.9 Å². The van der Waals surface area contributed by atoms with E-state index in [4.69, 9.17) is 0 Å². The second kappa shape index (κ2) is 5.75. The predicted octanol–water partition coefficient (Wildman–Crippen LogP) is 1.10. The molecule has 0 bridgehead atoms. The maximum atomic E-state index is 12.4. The molecule has 6 heteroatoms. The minimum Gasteiger partial charge on any atom is -0.481 e. The van der Waals surface area contributed by atoms with Crippen LogP contribution in [0.25, 0.3) is 0 Å². The first-order chi connectivity index (χ1) is 9.82. The molecule has 2 fully saturated rings. The minimum absolute atomic E-state index is 0.143. The molecule has 6 nitrogen and oxygen atoms in total. The van der Waals surface area contributed by atoms with Crippen molar-refractivity contribution < 1.29 is 19.5 Å². The van der Waals surface area contributed by atoms with Crippen molar-refractivity contribution in [1.29, 1.82) is 0 Å². The van der Waals surface area contributed by atoms with Crippen molar-refractivity contribution in [1.82, 2.24) is 9.80 Å². The molecule has 21 heavy (non-hydrogen) atoms. The maximum Gasteiger partial charge on any atom is 0.310 e. The Hall–Kier alpha value is -1.43. The molecule has 1 N–H and O–H groups in total. The van der Waals surface area contributed by atoms with E-state index in [-0.39, 0.29) is 24.3 Å². The summed E-state index contributed by atoms with van der Waals surface area (Å²) in [6.07, 6.45) is 2.11. The Balaban J connectivity index is 2.18. The normalized spacial score (nSPS) is 31.2. The zero-order chi connectivity index (χ0) is 15.8. The lowest BCUT2D eigenvalue weighted by atomic mass is 9.77. The van der Waals surface area contributed by atoms with Gasteiger partial charge in [0.15, 0.2) is 0 Å². The van der Waals surface area contributed by atoms with Gasteiger partial charge < -0.3 is 5.11 Å². The molecule has 0 aromatic rings. The van der Waals surface area contributed by atoms with Gasteiger partial charge >= 0.3 is 5.97 Å². The molecule has 0 radical (unpaired) electrons. The summed E-state index contributed by atoms with van der Waals surface area (Å²) in [5, 5.41) is 9.52. The van der Waals surface area contributed by atoms with Crippen molar-refractivity contribution in [2.45, 2.75) is 58.5 Å². The van der Waals surface area contributed by atoms with E-state index in [1.54, 1.807) is 0 Å². The van der Waals surface area contributed by atoms with Crippen LogP contribution in [0.2, 0.25) is 0 Å². The molecule has 2 unspecified atom stereocenters. The molecule has 2 aliphatic heterocycles. The Kier molecular flexibility index (Phi) is 4.37. The number of carbonyl (C=O) groups excluding carboxylic acids is 2. The van der Waals surface area contributed by atoms with Gasteiger partial charge in [-0.15, -0.1) is 0 Å². The molecule has 2 saturated heterocycles. The molecule has 2 amide bonds. The van der Waals surface area contributed by atoms with E-state index in [0.29, 0.717) is 25.9 Å². The maximum absolute atomic E-state index is 12.4. The summed E-state index contributed by atoms with van der Waals surface area (Å²) < 4.78 is 0. The zero-order valence-corrected chi connectivity index (χ0v) is 13.0. The number of amides is 2. The molecule has 0 aliphatic carbocycles. The number of carbonyl (C=O) groups is 3. The Labute approximate surface area is 125 Å². The molecular weight excluding hydrogens is 272 g/mol. The summed E-state index contributed by atoms with van der Waals surface area (Å²) in [7, 11) is 0. The van der Waals surface area contributed by atoms with Crippen molar-refractivity contribution in [3.05, 3.63) is 0 Å². The van der Waals surface area contributed by atoms with Gasteiger partial charge in [-0.05, 0) is 39.7 Å². The van der Waals surface area contributed by atoms with Gasteiger partial charge in [0.25, 0.3) is 0 Å². The standard InChI is InChI=1S/C15H24N2O4/c1-4-15(14(20)21)6-5-7-16(9-15)11-8-12(18)17(10(2)3)13(11)19/h10-11H,4-9H2,1-3H3,(H,20,21). The number of imide groups is 1. The van der Waals surface area contributed by atoms with Crippen molar-refractivity contribution in [2.24, 2.45) is 5.41 Å². The molecule has 0 aromatic heterocycles. The van der Waals surface area contributed by atoms with Gasteiger partial charge in [0.2, 0.25) is 11.8 Å². The van der Waals surface area contributed by atoms with Crippen molar-refractivity contribution in [2.75, 3.05) is 13.1 Å². The second-order valence-corrected chi connectivity index (χ2v) is 6.43. The fourth-order valence-electron chi connectivity index (χ4n) is 3.51. The number of hydrogen-bond acceptors (Lipinski definition) is 4. The van der Waals surface area contributed by atoms with Gasteiger partial charge in [-0.2, -0.15) is 0 Å². The van der Waals surface area contributed by atoms with Crippen LogP contribution in [0.1, 0.15) is 46.5 Å². The first-order valence-electron chi connectivity index (χ1n) is 7.65. The van der Waals surface area contributed by atoms with E-state index in [1.165, 1.54) is 4.90 Å². The fraction of sp³-hybridized carbons (Fsp3) is 0.800. The highest BCUT2D eigenvalue weighted by molar-refractivity contribution is 6.05. The minimum atomic E-state index is -0.799. The molecule has 0 aromatic carbocycles. The summed E-state index contributed by atoms with van der Waals surface area (Å²) in [5.41, 5.74) is -0.785. The van der Waals surface area contributed by atoms with E-state index in [2.05, 4.69) is 0 Å². The highest BCUT2D eigenvalue weighted by Crippen LogP contribution is 2.36. The van der Waals surface area contributed by atoms with Crippen LogP contribution < -0.4 is 0 Å². The molecule has 2 aliphatic rings. The summed E-state index contributed by atoms with van der Waals surface area (Å²) in [5.74, 6) is -1.12. The van der Waals surface area contributed by atoms with E-state index in [1.807, 2.05) is 25.7 Å². The van der Waals surface area contributed by atoms with E-state index >= 15 is 0 Å². The largest absolute Gasteiger partial charge is 0.481 e. The number of carboxylic acid groups (broad SMARTS) is 1. The van der Waals surface area contributed by atoms with Crippen LogP contribution in [0, 0.1) is 5.41 Å². The van der Waals surface area contributed by atoms with Gasteiger partial charge in [-0.25, -0.2) is 0 Å². The van der Waals surface area contributed by atoms with Gasteiger partial charge in [-0.1, -0.05) is 6.92 Å². The summed E-state index contributed by atoms with van der Waals surface area (Å²) >= 11 is 0. The Morgan fingerprint density at radius 2 is 2.10 bits per heavy atom. The summed E-state index contributed by atoms with van der Waals surface area (Å²) in [6.45, 7) is 6.56. The van der Waals surface area contributed by atoms with Crippen LogP contribution in [-0.4, -0.2) is 57.9 Å². The number of aliphatic carboxylic acids is 1. The number of carboxylic acids is 1. The van der Waals surface area contributed by atoms with Gasteiger partial charge in [0.1, 0.15) is 0 Å². The molecule has 2 rings (SSSR count). The predicted molar refractivity (Wildman–Crippen MR) is 76.6 cm³/mol. The molecule has 2 heterocycles. The fourth-order valence-corrected chi connectivity index (χ4v) is 3.51. The second-order valence-electron chi connectivity index (χ2n) is 6.43. The van der Waals surface area contributed by atoms with Crippen molar-refractivity contribution in [3.8, 4) is 0 Å². The average Bonchev–Trinajstić information content (AvgIpc) is 2.73. The molecule has 0 saturated carbocycles. The number of piperidine rings is 1. The highest BCUT2D eigenvalue weighted by Gasteiger charge is 2.48. The average molecular weight is 296 g/mol. The Morgan fingerprint density at radius 1 is 1.43 bits per heavy atom. The molecule has 2 atom stereocenters. The summed E-state index contributed by atoms with van der Waals surface area (Å²) in [4.78, 5) is 39.3. The van der Waals surface area contributed by atoms with Crippen molar-refractivity contribution >= 4 is 17.8 Å². The zero-order valence-electron chi connectivity index (χ0n) is 13.0. The Bertz CT molecular complexity index is 463. The molecular formula is C15H24N2O4. The lowest BCUT2D eigenvalue weighted by Crippen LogP contribution is -2.53. The van der Waals surface area contributed by atoms with Crippen LogP contribution >= 0.6 is 0 Å². The van der Waals surface area contributed by atoms with E-state index in [9.17, 15) is 19.5 Å². The van der Waals surface area contributed by atoms with Crippen LogP contribution in [-0.2, 0) is 14.4 Å². The number of likely N-dealkylation sites (tertiary alicyclic amines) is 2. The SMILES string of the molecule is CCC1(C(=O)O)CCCN(C2CC(=O)N(C(C)C)C2=O)C1. The van der Waals surface area contributed by atoms with Crippen LogP contribution in [0.4, 0.5) is 0 Å². The quantitative estimate of drug-likeness (QED) is 0.786. The van der Waals surface area contributed by atoms with Crippen LogP contribution in [0.5, 0.6) is 0 Å². The van der Waals surface area contributed by atoms with Gasteiger partial charge in [0, 0.05) is 12.6 Å². The number of hydrogen-bond donors (Lipinski definition) is 1. The van der Waals surface area contributed by atoms with E-state index < -0.39 is 17.4 Å².